The summed E-state index contributed by atoms with van der Waals surface area (Å²) in [5, 5.41) is 0. The second kappa shape index (κ2) is 3.87. The average molecular weight is 254 g/mol. The number of hydrogen-bond donors (Lipinski definition) is 0. The molecule has 0 radical (unpaired) electrons. The Kier molecular flexibility index (Phi) is 3.02. The normalized spacial score (nSPS) is 9.92. The number of methoxy groups -OCH3 is 2. The molecular weight excluding hydrogens is 248 g/mol. The van der Waals surface area contributed by atoms with Crippen molar-refractivity contribution in [1.29, 1.82) is 0 Å². The smallest absolute Gasteiger partial charge is 0.254 e. The number of aromatic nitrogens is 1. The average Bonchev–Trinajstić information content (AvgIpc) is 2.15. The van der Waals surface area contributed by atoms with Crippen LogP contribution < -0.4 is 9.47 Å². The molecule has 1 heterocycles. The van der Waals surface area contributed by atoms with Crippen LogP contribution >= 0.6 is 15.9 Å². The van der Waals surface area contributed by atoms with Gasteiger partial charge in [0.2, 0.25) is 11.6 Å². The lowest BCUT2D eigenvalue weighted by Gasteiger charge is -2.06. The summed E-state index contributed by atoms with van der Waals surface area (Å²) in [6.07, 6.45) is 0. The maximum absolute atomic E-state index is 13.0. The zero-order chi connectivity index (χ0) is 10.0. The molecule has 0 atom stereocenters. The molecule has 1 aromatic heterocycles. The summed E-state index contributed by atoms with van der Waals surface area (Å²) in [6.45, 7) is 0. The van der Waals surface area contributed by atoms with E-state index in [1.165, 1.54) is 14.2 Å². The summed E-state index contributed by atoms with van der Waals surface area (Å²) in [4.78, 5) is 3.45. The Labute approximate surface area is 81.8 Å². The Hall–Kier alpha value is -0.910. The molecule has 0 aliphatic heterocycles. The molecule has 0 N–H and O–H groups in total. The van der Waals surface area contributed by atoms with Crippen molar-refractivity contribution < 1.29 is 18.3 Å². The summed E-state index contributed by atoms with van der Waals surface area (Å²) in [6, 6.07) is 0. The van der Waals surface area contributed by atoms with Gasteiger partial charge in [-0.1, -0.05) is 0 Å². The molecule has 0 saturated carbocycles. The highest BCUT2D eigenvalue weighted by atomic mass is 79.9. The van der Waals surface area contributed by atoms with Gasteiger partial charge < -0.3 is 9.47 Å². The van der Waals surface area contributed by atoms with Crippen molar-refractivity contribution in [3.05, 3.63) is 16.1 Å². The summed E-state index contributed by atoms with van der Waals surface area (Å²) in [5.41, 5.74) is 0. The lowest BCUT2D eigenvalue weighted by Crippen LogP contribution is -2.00. The highest BCUT2D eigenvalue weighted by molar-refractivity contribution is 9.10. The van der Waals surface area contributed by atoms with Gasteiger partial charge in [-0.2, -0.15) is 13.8 Å². The Balaban J connectivity index is 3.36. The van der Waals surface area contributed by atoms with Crippen LogP contribution in [-0.2, 0) is 0 Å². The first kappa shape index (κ1) is 10.2. The van der Waals surface area contributed by atoms with E-state index in [0.29, 0.717) is 0 Å². The second-order valence-electron chi connectivity index (χ2n) is 2.07. The Bertz CT molecular complexity index is 305. The first-order valence-electron chi connectivity index (χ1n) is 3.24. The number of nitrogens with zero attached hydrogens (tertiary/aromatic N) is 1. The molecule has 0 aliphatic rings. The van der Waals surface area contributed by atoms with Crippen molar-refractivity contribution in [2.45, 2.75) is 0 Å². The maximum atomic E-state index is 13.0. The van der Waals surface area contributed by atoms with Crippen LogP contribution in [0, 0.1) is 11.6 Å². The molecule has 0 aliphatic carbocycles. The zero-order valence-corrected chi connectivity index (χ0v) is 8.48. The summed E-state index contributed by atoms with van der Waals surface area (Å²) in [7, 11) is 2.46. The van der Waals surface area contributed by atoms with Gasteiger partial charge >= 0.3 is 0 Å². The van der Waals surface area contributed by atoms with Crippen LogP contribution in [0.5, 0.6) is 11.8 Å². The molecule has 0 saturated heterocycles. The molecule has 0 bridgehead atoms. The molecule has 1 rings (SSSR count). The molecule has 0 fully saturated rings. The quantitative estimate of drug-likeness (QED) is 0.810. The van der Waals surface area contributed by atoms with Crippen molar-refractivity contribution in [3.8, 4) is 11.8 Å². The number of ether oxygens (including phenoxy) is 2. The second-order valence-corrected chi connectivity index (χ2v) is 2.87. The topological polar surface area (TPSA) is 31.4 Å². The van der Waals surface area contributed by atoms with Gasteiger partial charge in [-0.15, -0.1) is 0 Å². The third kappa shape index (κ3) is 1.72. The van der Waals surface area contributed by atoms with Crippen LogP contribution in [0.1, 0.15) is 0 Å². The zero-order valence-electron chi connectivity index (χ0n) is 6.90. The maximum Gasteiger partial charge on any atom is 0.254 e. The lowest BCUT2D eigenvalue weighted by atomic mass is 10.4. The molecule has 0 amide bonds. The van der Waals surface area contributed by atoms with Crippen molar-refractivity contribution in [1.82, 2.24) is 4.98 Å². The van der Waals surface area contributed by atoms with E-state index in [1.807, 2.05) is 0 Å². The Morgan fingerprint density at radius 1 is 1.08 bits per heavy atom. The summed E-state index contributed by atoms with van der Waals surface area (Å²) >= 11 is 2.71. The monoisotopic (exact) mass is 253 g/mol. The van der Waals surface area contributed by atoms with Gasteiger partial charge in [0.15, 0.2) is 0 Å². The summed E-state index contributed by atoms with van der Waals surface area (Å²) in [5.74, 6) is -2.41. The molecule has 0 unspecified atom stereocenters. The molecule has 72 valence electrons. The highest BCUT2D eigenvalue weighted by Gasteiger charge is 2.19. The van der Waals surface area contributed by atoms with Crippen LogP contribution in [-0.4, -0.2) is 19.2 Å². The molecule has 0 spiro atoms. The van der Waals surface area contributed by atoms with E-state index in [2.05, 4.69) is 30.4 Å². The van der Waals surface area contributed by atoms with E-state index in [9.17, 15) is 8.78 Å². The van der Waals surface area contributed by atoms with E-state index < -0.39 is 11.6 Å². The highest BCUT2D eigenvalue weighted by Crippen LogP contribution is 2.30. The molecule has 3 nitrogen and oxygen atoms in total. The molecular formula is C7H6BrF2NO2. The van der Waals surface area contributed by atoms with Crippen molar-refractivity contribution in [3.63, 3.8) is 0 Å². The van der Waals surface area contributed by atoms with E-state index in [0.717, 1.165) is 0 Å². The van der Waals surface area contributed by atoms with Gasteiger partial charge in [-0.05, 0) is 15.9 Å². The van der Waals surface area contributed by atoms with Crippen molar-refractivity contribution in [2.24, 2.45) is 0 Å². The first-order valence-corrected chi connectivity index (χ1v) is 4.03. The van der Waals surface area contributed by atoms with Crippen molar-refractivity contribution >= 4 is 15.9 Å². The van der Waals surface area contributed by atoms with Gasteiger partial charge in [0.05, 0.1) is 14.2 Å². The number of halogens is 3. The fourth-order valence-electron chi connectivity index (χ4n) is 0.745. The van der Waals surface area contributed by atoms with E-state index in [1.54, 1.807) is 0 Å². The third-order valence-electron chi connectivity index (χ3n) is 1.35. The standard InChI is InChI=1S/C7H6BrF2NO2/c1-12-6-4(9)3(8)5(10)7(11-6)13-2/h1-2H3. The first-order chi connectivity index (χ1) is 6.11. The fourth-order valence-corrected chi connectivity index (χ4v) is 1.08. The van der Waals surface area contributed by atoms with Crippen LogP contribution in [0.2, 0.25) is 0 Å². The summed E-state index contributed by atoms with van der Waals surface area (Å²) < 4.78 is 34.9. The van der Waals surface area contributed by atoms with Crippen LogP contribution in [0.25, 0.3) is 0 Å². The minimum absolute atomic E-state index is 0.315. The van der Waals surface area contributed by atoms with Gasteiger partial charge in [-0.25, -0.2) is 0 Å². The molecule has 0 aromatic carbocycles. The van der Waals surface area contributed by atoms with E-state index >= 15 is 0 Å². The predicted octanol–water partition coefficient (Wildman–Crippen LogP) is 2.14. The van der Waals surface area contributed by atoms with Crippen molar-refractivity contribution in [2.75, 3.05) is 14.2 Å². The fraction of sp³-hybridized carbons (Fsp3) is 0.286. The predicted molar refractivity (Wildman–Crippen MR) is 45.0 cm³/mol. The molecule has 6 heteroatoms. The largest absolute Gasteiger partial charge is 0.479 e. The third-order valence-corrected chi connectivity index (χ3v) is 2.05. The minimum atomic E-state index is -0.888. The lowest BCUT2D eigenvalue weighted by molar-refractivity contribution is 0.326. The van der Waals surface area contributed by atoms with E-state index in [-0.39, 0.29) is 16.2 Å². The SMILES string of the molecule is COc1nc(OC)c(F)c(Br)c1F. The number of hydrogen-bond acceptors (Lipinski definition) is 3. The minimum Gasteiger partial charge on any atom is -0.479 e. The molecule has 1 aromatic rings. The Morgan fingerprint density at radius 3 is 1.77 bits per heavy atom. The van der Waals surface area contributed by atoms with Crippen LogP contribution in [0.4, 0.5) is 8.78 Å². The van der Waals surface area contributed by atoms with Gasteiger partial charge in [0.25, 0.3) is 11.8 Å². The van der Waals surface area contributed by atoms with E-state index in [4.69, 9.17) is 0 Å². The van der Waals surface area contributed by atoms with Crippen LogP contribution in [0.3, 0.4) is 0 Å². The van der Waals surface area contributed by atoms with Gasteiger partial charge in [0, 0.05) is 0 Å². The van der Waals surface area contributed by atoms with Gasteiger partial charge in [-0.3, -0.25) is 0 Å². The van der Waals surface area contributed by atoms with Crippen LogP contribution in [0.15, 0.2) is 4.47 Å². The number of rotatable bonds is 2. The van der Waals surface area contributed by atoms with Gasteiger partial charge in [0.1, 0.15) is 4.47 Å². The Morgan fingerprint density at radius 2 is 1.46 bits per heavy atom. The number of pyridine rings is 1. The molecule has 13 heavy (non-hydrogen) atoms.